The van der Waals surface area contributed by atoms with Gasteiger partial charge >= 0.3 is 6.18 Å². The van der Waals surface area contributed by atoms with Crippen LogP contribution in [0.25, 0.3) is 0 Å². The van der Waals surface area contributed by atoms with Crippen LogP contribution in [0.15, 0.2) is 18.2 Å². The van der Waals surface area contributed by atoms with Gasteiger partial charge in [-0.1, -0.05) is 0 Å². The number of Topliss-reactive ketones (excluding diaryl/α,β-unsaturated/α-hetero) is 1. The molecule has 0 amide bonds. The minimum Gasteiger partial charge on any atom is -0.381 e. The molecule has 0 aromatic heterocycles. The lowest BCUT2D eigenvalue weighted by molar-refractivity contribution is -0.140. The lowest BCUT2D eigenvalue weighted by Gasteiger charge is -2.21. The molecule has 1 heterocycles. The van der Waals surface area contributed by atoms with Crippen molar-refractivity contribution in [3.05, 3.63) is 35.1 Å². The van der Waals surface area contributed by atoms with Gasteiger partial charge < -0.3 is 4.74 Å². The number of rotatable bonds is 3. The summed E-state index contributed by atoms with van der Waals surface area (Å²) in [6.07, 6.45) is -3.18. The molecule has 1 aliphatic rings. The molecular formula is C14H14F4O2. The minimum atomic E-state index is -4.79. The smallest absolute Gasteiger partial charge is 0.381 e. The van der Waals surface area contributed by atoms with Gasteiger partial charge in [0.2, 0.25) is 0 Å². The second kappa shape index (κ2) is 5.91. The molecule has 1 saturated heterocycles. The molecule has 6 heteroatoms. The number of alkyl halides is 3. The molecule has 0 bridgehead atoms. The number of ether oxygens (including phenoxy) is 1. The average Bonchev–Trinajstić information content (AvgIpc) is 2.39. The van der Waals surface area contributed by atoms with Crippen LogP contribution in [-0.4, -0.2) is 19.0 Å². The van der Waals surface area contributed by atoms with Crippen molar-refractivity contribution < 1.29 is 27.1 Å². The Labute approximate surface area is 113 Å². The van der Waals surface area contributed by atoms with E-state index in [9.17, 15) is 22.4 Å². The standard InChI is InChI=1S/C14H14F4O2/c15-12-2-1-10(8-11(12)14(16,17)18)13(19)7-9-3-5-20-6-4-9/h1-2,8-9H,3-7H2. The van der Waals surface area contributed by atoms with Crippen LogP contribution in [0.5, 0.6) is 0 Å². The van der Waals surface area contributed by atoms with E-state index in [0.29, 0.717) is 25.3 Å². The lowest BCUT2D eigenvalue weighted by atomic mass is 9.91. The van der Waals surface area contributed by atoms with Gasteiger partial charge in [0.05, 0.1) is 5.56 Å². The third-order valence-electron chi connectivity index (χ3n) is 3.41. The molecule has 0 radical (unpaired) electrons. The van der Waals surface area contributed by atoms with Gasteiger partial charge in [0.15, 0.2) is 5.78 Å². The Morgan fingerprint density at radius 1 is 1.25 bits per heavy atom. The van der Waals surface area contributed by atoms with Gasteiger partial charge in [-0.2, -0.15) is 13.2 Å². The zero-order chi connectivity index (χ0) is 14.8. The highest BCUT2D eigenvalue weighted by molar-refractivity contribution is 5.96. The molecule has 0 saturated carbocycles. The van der Waals surface area contributed by atoms with Gasteiger partial charge in [0, 0.05) is 25.2 Å². The van der Waals surface area contributed by atoms with Crippen LogP contribution >= 0.6 is 0 Å². The highest BCUT2D eigenvalue weighted by atomic mass is 19.4. The van der Waals surface area contributed by atoms with E-state index in [2.05, 4.69) is 0 Å². The van der Waals surface area contributed by atoms with Gasteiger partial charge in [-0.05, 0) is 37.0 Å². The van der Waals surface area contributed by atoms with Crippen molar-refractivity contribution in [2.75, 3.05) is 13.2 Å². The largest absolute Gasteiger partial charge is 0.419 e. The maximum absolute atomic E-state index is 13.1. The van der Waals surface area contributed by atoms with Crippen LogP contribution in [-0.2, 0) is 10.9 Å². The van der Waals surface area contributed by atoms with Gasteiger partial charge in [-0.25, -0.2) is 4.39 Å². The van der Waals surface area contributed by atoms with Crippen LogP contribution in [0.2, 0.25) is 0 Å². The molecule has 20 heavy (non-hydrogen) atoms. The van der Waals surface area contributed by atoms with Crippen molar-refractivity contribution in [3.63, 3.8) is 0 Å². The van der Waals surface area contributed by atoms with Gasteiger partial charge in [-0.3, -0.25) is 4.79 Å². The van der Waals surface area contributed by atoms with Crippen molar-refractivity contribution in [1.29, 1.82) is 0 Å². The van der Waals surface area contributed by atoms with Crippen LogP contribution in [0.4, 0.5) is 17.6 Å². The lowest BCUT2D eigenvalue weighted by Crippen LogP contribution is -2.19. The average molecular weight is 290 g/mol. The first-order valence-corrected chi connectivity index (χ1v) is 6.35. The zero-order valence-corrected chi connectivity index (χ0v) is 10.7. The number of ketones is 1. The molecule has 0 unspecified atom stereocenters. The number of carbonyl (C=O) groups excluding carboxylic acids is 1. The fourth-order valence-electron chi connectivity index (χ4n) is 2.25. The van der Waals surface area contributed by atoms with Crippen LogP contribution in [0.3, 0.4) is 0 Å². The Balaban J connectivity index is 2.13. The summed E-state index contributed by atoms with van der Waals surface area (Å²) in [5.74, 6) is -1.63. The summed E-state index contributed by atoms with van der Waals surface area (Å²) < 4.78 is 56.0. The highest BCUT2D eigenvalue weighted by Gasteiger charge is 2.34. The molecule has 0 atom stereocenters. The van der Waals surface area contributed by atoms with E-state index in [4.69, 9.17) is 4.74 Å². The Bertz CT molecular complexity index is 490. The van der Waals surface area contributed by atoms with Crippen molar-refractivity contribution >= 4 is 5.78 Å². The molecule has 0 aliphatic carbocycles. The molecule has 0 N–H and O–H groups in total. The predicted octanol–water partition coefficient (Wildman–Crippen LogP) is 3.84. The van der Waals surface area contributed by atoms with Crippen LogP contribution < -0.4 is 0 Å². The molecule has 1 aliphatic heterocycles. The van der Waals surface area contributed by atoms with Crippen molar-refractivity contribution in [2.24, 2.45) is 5.92 Å². The summed E-state index contributed by atoms with van der Waals surface area (Å²) in [6.45, 7) is 1.13. The molecule has 1 fully saturated rings. The topological polar surface area (TPSA) is 26.3 Å². The van der Waals surface area contributed by atoms with Crippen molar-refractivity contribution in [3.8, 4) is 0 Å². The molecule has 110 valence electrons. The highest BCUT2D eigenvalue weighted by Crippen LogP contribution is 2.32. The van der Waals surface area contributed by atoms with E-state index in [0.717, 1.165) is 18.9 Å². The molecule has 1 aromatic rings. The maximum atomic E-state index is 13.1. The number of benzene rings is 1. The van der Waals surface area contributed by atoms with E-state index in [1.165, 1.54) is 0 Å². The number of carbonyl (C=O) groups is 1. The Kier molecular flexibility index (Phi) is 4.42. The molecule has 2 nitrogen and oxygen atoms in total. The maximum Gasteiger partial charge on any atom is 0.419 e. The van der Waals surface area contributed by atoms with Gasteiger partial charge in [0.1, 0.15) is 5.82 Å². The first kappa shape index (κ1) is 15.0. The van der Waals surface area contributed by atoms with Crippen LogP contribution in [0.1, 0.15) is 35.2 Å². The van der Waals surface area contributed by atoms with Crippen LogP contribution in [0, 0.1) is 11.7 Å². The van der Waals surface area contributed by atoms with E-state index < -0.39 is 17.6 Å². The second-order valence-electron chi connectivity index (χ2n) is 4.88. The molecule has 2 rings (SSSR count). The van der Waals surface area contributed by atoms with E-state index in [1.807, 2.05) is 0 Å². The number of hydrogen-bond acceptors (Lipinski definition) is 2. The summed E-state index contributed by atoms with van der Waals surface area (Å²) in [7, 11) is 0. The number of halogens is 4. The zero-order valence-electron chi connectivity index (χ0n) is 10.7. The summed E-state index contributed by atoms with van der Waals surface area (Å²) >= 11 is 0. The fraction of sp³-hybridized carbons (Fsp3) is 0.500. The Morgan fingerprint density at radius 2 is 1.90 bits per heavy atom. The summed E-state index contributed by atoms with van der Waals surface area (Å²) in [4.78, 5) is 12.0. The third-order valence-corrected chi connectivity index (χ3v) is 3.41. The Hall–Kier alpha value is -1.43. The SMILES string of the molecule is O=C(CC1CCOCC1)c1ccc(F)c(C(F)(F)F)c1. The normalized spacial score (nSPS) is 17.2. The van der Waals surface area contributed by atoms with E-state index in [-0.39, 0.29) is 23.7 Å². The molecule has 0 spiro atoms. The minimum absolute atomic E-state index is 0.0924. The Morgan fingerprint density at radius 3 is 2.50 bits per heavy atom. The summed E-state index contributed by atoms with van der Waals surface area (Å²) in [5, 5.41) is 0. The molecular weight excluding hydrogens is 276 g/mol. The summed E-state index contributed by atoms with van der Waals surface area (Å²) in [6, 6.07) is 2.39. The first-order valence-electron chi connectivity index (χ1n) is 6.35. The fourth-order valence-corrected chi connectivity index (χ4v) is 2.25. The van der Waals surface area contributed by atoms with E-state index >= 15 is 0 Å². The second-order valence-corrected chi connectivity index (χ2v) is 4.88. The predicted molar refractivity (Wildman–Crippen MR) is 63.9 cm³/mol. The summed E-state index contributed by atoms with van der Waals surface area (Å²) in [5.41, 5.74) is -1.49. The number of hydrogen-bond donors (Lipinski definition) is 0. The van der Waals surface area contributed by atoms with Crippen molar-refractivity contribution in [2.45, 2.75) is 25.4 Å². The molecule has 1 aromatic carbocycles. The van der Waals surface area contributed by atoms with Crippen molar-refractivity contribution in [1.82, 2.24) is 0 Å². The quantitative estimate of drug-likeness (QED) is 0.624. The van der Waals surface area contributed by atoms with Gasteiger partial charge in [0.25, 0.3) is 0 Å². The van der Waals surface area contributed by atoms with E-state index in [1.54, 1.807) is 0 Å². The van der Waals surface area contributed by atoms with Gasteiger partial charge in [-0.15, -0.1) is 0 Å². The monoisotopic (exact) mass is 290 g/mol. The third kappa shape index (κ3) is 3.56. The first-order chi connectivity index (χ1) is 9.38.